The summed E-state index contributed by atoms with van der Waals surface area (Å²) >= 11 is 0. The first kappa shape index (κ1) is 29.5. The lowest BCUT2D eigenvalue weighted by Gasteiger charge is -2.14. The molecule has 0 N–H and O–H groups in total. The molecule has 0 unspecified atom stereocenters. The molecule has 0 atom stereocenters. The fourth-order valence-corrected chi connectivity index (χ4v) is 8.87. The summed E-state index contributed by atoms with van der Waals surface area (Å²) in [6.07, 6.45) is 6.67. The molecular weight excluding hydrogens is 661 g/mol. The zero-order valence-electron chi connectivity index (χ0n) is 29.3. The molecule has 5 heteroatoms. The highest BCUT2D eigenvalue weighted by atomic mass is 16.3. The highest BCUT2D eigenvalue weighted by molar-refractivity contribution is 6.09. The van der Waals surface area contributed by atoms with Crippen LogP contribution < -0.4 is 0 Å². The highest BCUT2D eigenvalue weighted by Gasteiger charge is 2.21. The Morgan fingerprint density at radius 3 is 2.17 bits per heavy atom. The molecule has 1 aliphatic carbocycles. The van der Waals surface area contributed by atoms with Gasteiger partial charge in [0, 0.05) is 44.4 Å². The Morgan fingerprint density at radius 1 is 0.519 bits per heavy atom. The maximum atomic E-state index is 6.38. The molecule has 0 radical (unpaired) electrons. The van der Waals surface area contributed by atoms with Crippen molar-refractivity contribution >= 4 is 66.8 Å². The lowest BCUT2D eigenvalue weighted by Crippen LogP contribution is -2.02. The van der Waals surface area contributed by atoms with Crippen LogP contribution in [-0.2, 0) is 6.42 Å². The van der Waals surface area contributed by atoms with Crippen LogP contribution in [0.25, 0.3) is 100 Å². The number of fused-ring (bicyclic) bond motifs is 11. The summed E-state index contributed by atoms with van der Waals surface area (Å²) in [7, 11) is 0. The molecule has 0 fully saturated rings. The summed E-state index contributed by atoms with van der Waals surface area (Å²) in [5, 5.41) is 3.57. The van der Waals surface area contributed by atoms with Crippen LogP contribution in [0.4, 0.5) is 0 Å². The van der Waals surface area contributed by atoms with Crippen molar-refractivity contribution < 1.29 is 4.42 Å². The lowest BCUT2D eigenvalue weighted by molar-refractivity contribution is 0.670. The highest BCUT2D eigenvalue weighted by Crippen LogP contribution is 2.40. The van der Waals surface area contributed by atoms with Gasteiger partial charge in [0.05, 0.1) is 27.6 Å². The minimum atomic E-state index is 0.918. The van der Waals surface area contributed by atoms with Gasteiger partial charge in [-0.05, 0) is 96.3 Å². The van der Waals surface area contributed by atoms with Crippen LogP contribution >= 0.6 is 0 Å². The minimum Gasteiger partial charge on any atom is -0.455 e. The van der Waals surface area contributed by atoms with Crippen LogP contribution in [0.5, 0.6) is 0 Å². The standard InChI is InChI=1S/C49H32N4O/c1-2-11-34(12-3-1)52-46-30-33(24-28-45(46)53-44-19-8-6-17-41(44)50-49(52)53)32-23-27-43-40(29-32)37-13-4-7-18-42(37)51(43)35-25-21-31(22-26-35)36-15-10-16-39-38-14-5-9-20-47(38)54-48(36)39/h1-6,8-17,19-30H,7,18H2. The van der Waals surface area contributed by atoms with Crippen LogP contribution in [-0.4, -0.2) is 18.5 Å². The van der Waals surface area contributed by atoms with E-state index in [0.717, 1.165) is 79.4 Å². The van der Waals surface area contributed by atoms with E-state index in [4.69, 9.17) is 9.40 Å². The number of hydrogen-bond acceptors (Lipinski definition) is 2. The van der Waals surface area contributed by atoms with Crippen molar-refractivity contribution in [1.82, 2.24) is 18.5 Å². The van der Waals surface area contributed by atoms with Gasteiger partial charge in [-0.3, -0.25) is 8.97 Å². The number of imidazole rings is 2. The van der Waals surface area contributed by atoms with Crippen molar-refractivity contribution in [2.45, 2.75) is 12.8 Å². The number of allylic oxidation sites excluding steroid dienone is 1. The van der Waals surface area contributed by atoms with Crippen molar-refractivity contribution in [1.29, 1.82) is 0 Å². The van der Waals surface area contributed by atoms with Crippen molar-refractivity contribution in [3.8, 4) is 33.6 Å². The molecule has 0 saturated heterocycles. The van der Waals surface area contributed by atoms with E-state index in [-0.39, 0.29) is 0 Å². The van der Waals surface area contributed by atoms with Crippen molar-refractivity contribution in [3.63, 3.8) is 0 Å². The molecular formula is C49H32N4O. The third-order valence-electron chi connectivity index (χ3n) is 11.3. The van der Waals surface area contributed by atoms with Gasteiger partial charge < -0.3 is 8.98 Å². The Kier molecular flexibility index (Phi) is 6.11. The number of para-hydroxylation sites is 5. The number of nitrogens with zero attached hydrogens (tertiary/aromatic N) is 4. The summed E-state index contributed by atoms with van der Waals surface area (Å²) in [4.78, 5) is 5.11. The van der Waals surface area contributed by atoms with Crippen molar-refractivity contribution in [2.75, 3.05) is 0 Å². The van der Waals surface area contributed by atoms with Crippen LogP contribution in [0, 0.1) is 0 Å². The van der Waals surface area contributed by atoms with Gasteiger partial charge in [-0.25, -0.2) is 4.98 Å². The zero-order chi connectivity index (χ0) is 35.3. The van der Waals surface area contributed by atoms with E-state index in [0.29, 0.717) is 0 Å². The second-order valence-corrected chi connectivity index (χ2v) is 14.3. The lowest BCUT2D eigenvalue weighted by atomic mass is 9.98. The predicted molar refractivity (Wildman–Crippen MR) is 222 cm³/mol. The summed E-state index contributed by atoms with van der Waals surface area (Å²) in [5.41, 5.74) is 17.0. The van der Waals surface area contributed by atoms with E-state index in [9.17, 15) is 0 Å². The fourth-order valence-electron chi connectivity index (χ4n) is 8.87. The van der Waals surface area contributed by atoms with Crippen molar-refractivity contribution in [3.05, 3.63) is 175 Å². The topological polar surface area (TPSA) is 40.3 Å². The van der Waals surface area contributed by atoms with Gasteiger partial charge in [0.25, 0.3) is 0 Å². The molecule has 0 saturated carbocycles. The number of furan rings is 1. The average Bonchev–Trinajstić information content (AvgIpc) is 3.98. The monoisotopic (exact) mass is 692 g/mol. The summed E-state index contributed by atoms with van der Waals surface area (Å²) in [6.45, 7) is 0. The maximum Gasteiger partial charge on any atom is 0.220 e. The molecule has 254 valence electrons. The molecule has 11 aromatic rings. The van der Waals surface area contributed by atoms with E-state index in [1.54, 1.807) is 0 Å². The predicted octanol–water partition coefficient (Wildman–Crippen LogP) is 12.6. The average molecular weight is 693 g/mol. The normalized spacial score (nSPS) is 13.0. The van der Waals surface area contributed by atoms with Crippen LogP contribution in [0.1, 0.15) is 17.7 Å². The molecule has 5 nitrogen and oxygen atoms in total. The van der Waals surface area contributed by atoms with Crippen molar-refractivity contribution in [2.24, 2.45) is 0 Å². The number of aromatic nitrogens is 4. The SMILES string of the molecule is C1=Cc2c(n(-c3ccc(-c4cccc5c4oc4ccccc45)cc3)c3ccc(-c4ccc5c(c4)n(-c4ccccc4)c4nc6ccccc6n54)cc23)CC1. The maximum absolute atomic E-state index is 6.38. The first-order chi connectivity index (χ1) is 26.8. The second-order valence-electron chi connectivity index (χ2n) is 14.3. The van der Waals surface area contributed by atoms with E-state index in [1.807, 2.05) is 12.1 Å². The minimum absolute atomic E-state index is 0.918. The number of benzene rings is 7. The molecule has 0 spiro atoms. The second kappa shape index (κ2) is 11.2. The summed E-state index contributed by atoms with van der Waals surface area (Å²) in [6, 6.07) is 56.5. The molecule has 1 aliphatic rings. The van der Waals surface area contributed by atoms with Gasteiger partial charge >= 0.3 is 0 Å². The molecule has 12 rings (SSSR count). The molecule has 4 heterocycles. The quantitative estimate of drug-likeness (QED) is 0.184. The number of rotatable bonds is 4. The Balaban J connectivity index is 0.992. The van der Waals surface area contributed by atoms with Gasteiger partial charge in [-0.2, -0.15) is 0 Å². The molecule has 0 amide bonds. The Morgan fingerprint density at radius 2 is 1.26 bits per heavy atom. The van der Waals surface area contributed by atoms with Gasteiger partial charge in [0.1, 0.15) is 11.2 Å². The van der Waals surface area contributed by atoms with E-state index in [1.165, 1.54) is 39.0 Å². The van der Waals surface area contributed by atoms with Gasteiger partial charge in [-0.15, -0.1) is 0 Å². The molecule has 0 aliphatic heterocycles. The third kappa shape index (κ3) is 4.18. The fraction of sp³-hybridized carbons (Fsp3) is 0.0408. The Hall–Kier alpha value is -7.11. The van der Waals surface area contributed by atoms with Gasteiger partial charge in [0.15, 0.2) is 0 Å². The Labute approximate surface area is 310 Å². The van der Waals surface area contributed by atoms with E-state index in [2.05, 4.69) is 171 Å². The third-order valence-corrected chi connectivity index (χ3v) is 11.3. The molecule has 7 aromatic carbocycles. The largest absolute Gasteiger partial charge is 0.455 e. The Bertz CT molecular complexity index is 3320. The van der Waals surface area contributed by atoms with Crippen LogP contribution in [0.15, 0.2) is 168 Å². The first-order valence-corrected chi connectivity index (χ1v) is 18.6. The summed E-state index contributed by atoms with van der Waals surface area (Å²) < 4.78 is 13.4. The van der Waals surface area contributed by atoms with E-state index >= 15 is 0 Å². The van der Waals surface area contributed by atoms with Gasteiger partial charge in [0.2, 0.25) is 5.78 Å². The smallest absolute Gasteiger partial charge is 0.220 e. The first-order valence-electron chi connectivity index (χ1n) is 18.6. The van der Waals surface area contributed by atoms with Crippen LogP contribution in [0.3, 0.4) is 0 Å². The van der Waals surface area contributed by atoms with E-state index < -0.39 is 0 Å². The molecule has 0 bridgehead atoms. The zero-order valence-corrected chi connectivity index (χ0v) is 29.3. The molecule has 4 aromatic heterocycles. The summed E-state index contributed by atoms with van der Waals surface area (Å²) in [5.74, 6) is 0.918. The number of hydrogen-bond donors (Lipinski definition) is 0. The van der Waals surface area contributed by atoms with Crippen LogP contribution in [0.2, 0.25) is 0 Å². The van der Waals surface area contributed by atoms with Gasteiger partial charge in [-0.1, -0.05) is 103 Å². The molecule has 54 heavy (non-hydrogen) atoms.